The van der Waals surface area contributed by atoms with Gasteiger partial charge in [0, 0.05) is 5.69 Å². The van der Waals surface area contributed by atoms with Gasteiger partial charge < -0.3 is 9.73 Å². The zero-order valence-electron chi connectivity index (χ0n) is 12.6. The molecule has 0 fully saturated rings. The third kappa shape index (κ3) is 3.14. The second-order valence-corrected chi connectivity index (χ2v) is 6.61. The Bertz CT molecular complexity index is 1080. The first-order valence-electron chi connectivity index (χ1n) is 7.31. The predicted molar refractivity (Wildman–Crippen MR) is 96.7 cm³/mol. The summed E-state index contributed by atoms with van der Waals surface area (Å²) in [5, 5.41) is 4.88. The Balaban J connectivity index is 1.66. The van der Waals surface area contributed by atoms with Gasteiger partial charge in [0.25, 0.3) is 5.91 Å². The van der Waals surface area contributed by atoms with Crippen LogP contribution in [0, 0.1) is 5.82 Å². The highest BCUT2D eigenvalue weighted by atomic mass is 35.5. The number of carbonyl (C=O) groups is 1. The van der Waals surface area contributed by atoms with Crippen LogP contribution in [0.25, 0.3) is 22.6 Å². The van der Waals surface area contributed by atoms with Crippen molar-refractivity contribution in [2.75, 3.05) is 5.32 Å². The van der Waals surface area contributed by atoms with Crippen LogP contribution in [0.3, 0.4) is 0 Å². The van der Waals surface area contributed by atoms with Gasteiger partial charge in [0.2, 0.25) is 5.89 Å². The molecule has 0 saturated heterocycles. The molecule has 4 nitrogen and oxygen atoms in total. The molecule has 1 N–H and O–H groups in total. The predicted octanol–water partition coefficient (Wildman–Crippen LogP) is 5.60. The third-order valence-electron chi connectivity index (χ3n) is 3.55. The van der Waals surface area contributed by atoms with Gasteiger partial charge in [-0.3, -0.25) is 4.79 Å². The van der Waals surface area contributed by atoms with Gasteiger partial charge in [-0.25, -0.2) is 9.37 Å². The fourth-order valence-electron chi connectivity index (χ4n) is 2.38. The molecular formula is C18H10ClFN2O2S. The summed E-state index contributed by atoms with van der Waals surface area (Å²) in [5.41, 5.74) is 2.23. The van der Waals surface area contributed by atoms with Crippen molar-refractivity contribution in [1.29, 1.82) is 0 Å². The Kier molecular flexibility index (Phi) is 3.99. The Labute approximate surface area is 150 Å². The molecule has 2 aromatic heterocycles. The number of rotatable bonds is 3. The van der Waals surface area contributed by atoms with E-state index in [0.29, 0.717) is 33.1 Å². The van der Waals surface area contributed by atoms with Gasteiger partial charge in [-0.2, -0.15) is 0 Å². The van der Waals surface area contributed by atoms with Crippen molar-refractivity contribution in [3.8, 4) is 11.5 Å². The number of hydrogen-bond acceptors (Lipinski definition) is 4. The SMILES string of the molecule is O=C(Nc1ccc2oc(-c3ccc(F)cc3Cl)nc2c1)c1cccs1. The maximum Gasteiger partial charge on any atom is 0.265 e. The normalized spacial score (nSPS) is 11.0. The van der Waals surface area contributed by atoms with Gasteiger partial charge in [0.05, 0.1) is 15.5 Å². The van der Waals surface area contributed by atoms with Crippen LogP contribution in [0.15, 0.2) is 58.3 Å². The minimum absolute atomic E-state index is 0.181. The Morgan fingerprint density at radius 3 is 2.84 bits per heavy atom. The number of nitrogens with zero attached hydrogens (tertiary/aromatic N) is 1. The topological polar surface area (TPSA) is 55.1 Å². The number of benzene rings is 2. The summed E-state index contributed by atoms with van der Waals surface area (Å²) in [6.07, 6.45) is 0. The summed E-state index contributed by atoms with van der Waals surface area (Å²) in [6.45, 7) is 0. The van der Waals surface area contributed by atoms with E-state index in [1.165, 1.54) is 29.5 Å². The average Bonchev–Trinajstić information content (AvgIpc) is 3.24. The first kappa shape index (κ1) is 15.8. The number of hydrogen-bond donors (Lipinski definition) is 1. The van der Waals surface area contributed by atoms with Crippen LogP contribution in [0.1, 0.15) is 9.67 Å². The standard InChI is InChI=1S/C18H10ClFN2O2S/c19-13-8-10(20)3-5-12(13)18-22-14-9-11(4-6-15(14)24-18)21-17(23)16-2-1-7-25-16/h1-9H,(H,21,23). The first-order chi connectivity index (χ1) is 12.1. The van der Waals surface area contributed by atoms with E-state index < -0.39 is 5.82 Å². The monoisotopic (exact) mass is 372 g/mol. The lowest BCUT2D eigenvalue weighted by molar-refractivity contribution is 0.103. The van der Waals surface area contributed by atoms with Crippen LogP contribution in [0.2, 0.25) is 5.02 Å². The first-order valence-corrected chi connectivity index (χ1v) is 8.57. The minimum Gasteiger partial charge on any atom is -0.436 e. The van der Waals surface area contributed by atoms with Crippen molar-refractivity contribution in [3.63, 3.8) is 0 Å². The Hall–Kier alpha value is -2.70. The summed E-state index contributed by atoms with van der Waals surface area (Å²) < 4.78 is 18.9. The molecule has 1 amide bonds. The van der Waals surface area contributed by atoms with E-state index in [9.17, 15) is 9.18 Å². The number of halogens is 2. The highest BCUT2D eigenvalue weighted by Crippen LogP contribution is 2.31. The van der Waals surface area contributed by atoms with Crippen molar-refractivity contribution in [3.05, 3.63) is 69.6 Å². The van der Waals surface area contributed by atoms with Crippen molar-refractivity contribution in [1.82, 2.24) is 4.98 Å². The highest BCUT2D eigenvalue weighted by Gasteiger charge is 2.14. The molecule has 25 heavy (non-hydrogen) atoms. The molecule has 4 rings (SSSR count). The fourth-order valence-corrected chi connectivity index (χ4v) is 3.25. The molecule has 0 aliphatic carbocycles. The van der Waals surface area contributed by atoms with Crippen molar-refractivity contribution >= 4 is 45.6 Å². The van der Waals surface area contributed by atoms with Crippen molar-refractivity contribution in [2.45, 2.75) is 0 Å². The number of carbonyl (C=O) groups excluding carboxylic acids is 1. The second kappa shape index (κ2) is 6.31. The number of amides is 1. The van der Waals surface area contributed by atoms with Crippen LogP contribution in [-0.4, -0.2) is 10.9 Å². The zero-order valence-corrected chi connectivity index (χ0v) is 14.2. The molecule has 7 heteroatoms. The molecule has 4 aromatic rings. The molecule has 2 heterocycles. The largest absolute Gasteiger partial charge is 0.436 e. The number of aromatic nitrogens is 1. The van der Waals surface area contributed by atoms with E-state index in [0.717, 1.165) is 0 Å². The van der Waals surface area contributed by atoms with E-state index in [1.807, 2.05) is 11.4 Å². The lowest BCUT2D eigenvalue weighted by Crippen LogP contribution is -2.09. The molecular weight excluding hydrogens is 363 g/mol. The molecule has 0 atom stereocenters. The fraction of sp³-hybridized carbons (Fsp3) is 0. The number of oxazole rings is 1. The lowest BCUT2D eigenvalue weighted by atomic mass is 10.2. The summed E-state index contributed by atoms with van der Waals surface area (Å²) in [4.78, 5) is 17.1. The van der Waals surface area contributed by atoms with Gasteiger partial charge in [-0.05, 0) is 47.8 Å². The average molecular weight is 373 g/mol. The van der Waals surface area contributed by atoms with E-state index in [4.69, 9.17) is 16.0 Å². The summed E-state index contributed by atoms with van der Waals surface area (Å²) in [6, 6.07) is 12.7. The molecule has 2 aromatic carbocycles. The smallest absolute Gasteiger partial charge is 0.265 e. The van der Waals surface area contributed by atoms with Gasteiger partial charge in [0.1, 0.15) is 11.3 Å². The summed E-state index contributed by atoms with van der Waals surface area (Å²) in [5.74, 6) is -0.315. The third-order valence-corrected chi connectivity index (χ3v) is 4.73. The molecule has 0 saturated carbocycles. The number of fused-ring (bicyclic) bond motifs is 1. The Morgan fingerprint density at radius 2 is 2.08 bits per heavy atom. The second-order valence-electron chi connectivity index (χ2n) is 5.26. The summed E-state index contributed by atoms with van der Waals surface area (Å²) >= 11 is 7.42. The maximum absolute atomic E-state index is 13.2. The van der Waals surface area contributed by atoms with Crippen LogP contribution >= 0.6 is 22.9 Å². The number of anilines is 1. The van der Waals surface area contributed by atoms with Gasteiger partial charge in [0.15, 0.2) is 5.58 Å². The van der Waals surface area contributed by atoms with E-state index in [2.05, 4.69) is 10.3 Å². The van der Waals surface area contributed by atoms with Crippen LogP contribution in [-0.2, 0) is 0 Å². The molecule has 0 radical (unpaired) electrons. The molecule has 0 aliphatic heterocycles. The maximum atomic E-state index is 13.2. The van der Waals surface area contributed by atoms with E-state index >= 15 is 0 Å². The van der Waals surface area contributed by atoms with Crippen LogP contribution < -0.4 is 5.32 Å². The minimum atomic E-state index is -0.427. The van der Waals surface area contributed by atoms with Gasteiger partial charge in [-0.1, -0.05) is 17.7 Å². The summed E-state index contributed by atoms with van der Waals surface area (Å²) in [7, 11) is 0. The number of thiophene rings is 1. The van der Waals surface area contributed by atoms with E-state index in [1.54, 1.807) is 24.3 Å². The molecule has 0 spiro atoms. The van der Waals surface area contributed by atoms with Crippen molar-refractivity contribution < 1.29 is 13.6 Å². The molecule has 0 aliphatic rings. The highest BCUT2D eigenvalue weighted by molar-refractivity contribution is 7.12. The van der Waals surface area contributed by atoms with Gasteiger partial charge in [-0.15, -0.1) is 11.3 Å². The molecule has 0 unspecified atom stereocenters. The van der Waals surface area contributed by atoms with E-state index in [-0.39, 0.29) is 10.9 Å². The lowest BCUT2D eigenvalue weighted by Gasteiger charge is -2.02. The Morgan fingerprint density at radius 1 is 1.20 bits per heavy atom. The van der Waals surface area contributed by atoms with Crippen LogP contribution in [0.5, 0.6) is 0 Å². The molecule has 0 bridgehead atoms. The van der Waals surface area contributed by atoms with Crippen molar-refractivity contribution in [2.24, 2.45) is 0 Å². The zero-order chi connectivity index (χ0) is 17.4. The number of nitrogens with one attached hydrogen (secondary N) is 1. The van der Waals surface area contributed by atoms with Crippen LogP contribution in [0.4, 0.5) is 10.1 Å². The molecule has 124 valence electrons. The quantitative estimate of drug-likeness (QED) is 0.509. The van der Waals surface area contributed by atoms with Gasteiger partial charge >= 0.3 is 0 Å².